The Bertz CT molecular complexity index is 763. The van der Waals surface area contributed by atoms with Gasteiger partial charge >= 0.3 is 0 Å². The maximum absolute atomic E-state index is 12.9. The number of amides is 2. The first kappa shape index (κ1) is 25.0. The highest BCUT2D eigenvalue weighted by Gasteiger charge is 2.50. The summed E-state index contributed by atoms with van der Waals surface area (Å²) >= 11 is 0. The van der Waals surface area contributed by atoms with Crippen molar-refractivity contribution in [3.8, 4) is 0 Å². The molecule has 2 amide bonds. The van der Waals surface area contributed by atoms with Crippen LogP contribution in [0.25, 0.3) is 0 Å². The molecule has 1 aliphatic rings. The van der Waals surface area contributed by atoms with Crippen LogP contribution in [0, 0.1) is 5.92 Å². The quantitative estimate of drug-likeness (QED) is 0.402. The number of benzene rings is 1. The highest BCUT2D eigenvalue weighted by molar-refractivity contribution is 5.98. The van der Waals surface area contributed by atoms with Crippen LogP contribution in [-0.2, 0) is 30.3 Å². The Morgan fingerprint density at radius 1 is 1.16 bits per heavy atom. The molecule has 0 unspecified atom stereocenters. The van der Waals surface area contributed by atoms with Crippen molar-refractivity contribution in [1.29, 1.82) is 0 Å². The van der Waals surface area contributed by atoms with Gasteiger partial charge in [-0.2, -0.15) is 0 Å². The van der Waals surface area contributed by atoms with E-state index in [2.05, 4.69) is 10.6 Å². The van der Waals surface area contributed by atoms with Gasteiger partial charge in [-0.05, 0) is 37.7 Å². The lowest BCUT2D eigenvalue weighted by Crippen LogP contribution is -2.57. The Kier molecular flexibility index (Phi) is 9.15. The first-order chi connectivity index (χ1) is 14.7. The summed E-state index contributed by atoms with van der Waals surface area (Å²) in [6, 6.07) is 7.34. The summed E-state index contributed by atoms with van der Waals surface area (Å²) in [5.74, 6) is -0.874. The minimum absolute atomic E-state index is 0. The van der Waals surface area contributed by atoms with Gasteiger partial charge in [-0.3, -0.25) is 14.4 Å². The van der Waals surface area contributed by atoms with Gasteiger partial charge in [0.05, 0.1) is 25.3 Å². The van der Waals surface area contributed by atoms with E-state index >= 15 is 0 Å². The Balaban J connectivity index is 0. The smallest absolute Gasteiger partial charge is 0.245 e. The lowest BCUT2D eigenvalue weighted by Gasteiger charge is -2.25. The van der Waals surface area contributed by atoms with Crippen LogP contribution in [0.1, 0.15) is 43.5 Å². The summed E-state index contributed by atoms with van der Waals surface area (Å²) in [5, 5.41) is 5.44. The topological polar surface area (TPSA) is 123 Å². The van der Waals surface area contributed by atoms with Crippen molar-refractivity contribution in [2.24, 2.45) is 11.7 Å². The van der Waals surface area contributed by atoms with Crippen molar-refractivity contribution >= 4 is 17.6 Å². The Hall–Kier alpha value is -2.29. The molecule has 0 aliphatic carbocycles. The molecule has 0 saturated carbocycles. The molecule has 4 atom stereocenters. The van der Waals surface area contributed by atoms with Crippen molar-refractivity contribution in [2.75, 3.05) is 20.3 Å². The number of hydrogen-bond donors (Lipinski definition) is 3. The normalized spacial score (nSPS) is 20.6. The molecule has 31 heavy (non-hydrogen) atoms. The summed E-state index contributed by atoms with van der Waals surface area (Å²) in [5.41, 5.74) is 6.28. The van der Waals surface area contributed by atoms with Gasteiger partial charge in [0.2, 0.25) is 11.8 Å². The summed E-state index contributed by atoms with van der Waals surface area (Å²) in [7, 11) is 1.44. The van der Waals surface area contributed by atoms with E-state index in [0.717, 1.165) is 5.56 Å². The summed E-state index contributed by atoms with van der Waals surface area (Å²) in [6.07, 6.45) is 1.58. The summed E-state index contributed by atoms with van der Waals surface area (Å²) in [4.78, 5) is 38.2. The molecule has 0 radical (unpaired) electrons. The van der Waals surface area contributed by atoms with Gasteiger partial charge < -0.3 is 25.8 Å². The number of methoxy groups -OCH3 is 1. The van der Waals surface area contributed by atoms with Crippen molar-refractivity contribution in [1.82, 2.24) is 10.6 Å². The monoisotopic (exact) mass is 439 g/mol. The third-order valence-corrected chi connectivity index (χ3v) is 5.33. The number of nitrogens with two attached hydrogens (primary N) is 1. The van der Waals surface area contributed by atoms with Crippen LogP contribution >= 0.6 is 0 Å². The standard InChI is InChI=1S/C23H35N3O5.3H2/c1-15(2)12-18(20(27)23(3)14-31-23)25-22(29)19(13-30-4)26-21(28)17(24)11-10-16-8-6-5-7-9-16;;;/h5-9,15,17-19H,10-14,24H2,1-4H3,(H,25,29)(H,26,28);3*1H/t17-,18-,19-,23+;;;/m0.../s1. The number of carbonyl (C=O) groups is 3. The van der Waals surface area contributed by atoms with Gasteiger partial charge in [0, 0.05) is 11.4 Å². The molecule has 2 rings (SSSR count). The number of epoxide rings is 1. The molecule has 1 fully saturated rings. The third-order valence-electron chi connectivity index (χ3n) is 5.33. The molecule has 1 aromatic rings. The molecule has 178 valence electrons. The maximum Gasteiger partial charge on any atom is 0.245 e. The first-order valence-corrected chi connectivity index (χ1v) is 10.7. The highest BCUT2D eigenvalue weighted by Crippen LogP contribution is 2.29. The van der Waals surface area contributed by atoms with Gasteiger partial charge in [0.25, 0.3) is 0 Å². The summed E-state index contributed by atoms with van der Waals surface area (Å²) < 4.78 is 10.4. The third kappa shape index (κ3) is 7.72. The number of nitrogens with one attached hydrogen (secondary N) is 2. The van der Waals surface area contributed by atoms with E-state index in [4.69, 9.17) is 15.2 Å². The van der Waals surface area contributed by atoms with E-state index in [1.54, 1.807) is 6.92 Å². The Morgan fingerprint density at radius 3 is 2.32 bits per heavy atom. The van der Waals surface area contributed by atoms with Crippen molar-refractivity contribution in [2.45, 2.75) is 63.8 Å². The number of ketones is 1. The van der Waals surface area contributed by atoms with Gasteiger partial charge in [-0.15, -0.1) is 0 Å². The van der Waals surface area contributed by atoms with Crippen LogP contribution in [0.2, 0.25) is 0 Å². The zero-order chi connectivity index (χ0) is 23.0. The largest absolute Gasteiger partial charge is 0.382 e. The first-order valence-electron chi connectivity index (χ1n) is 10.7. The lowest BCUT2D eigenvalue weighted by atomic mass is 9.93. The predicted molar refractivity (Wildman–Crippen MR) is 124 cm³/mol. The van der Waals surface area contributed by atoms with Crippen LogP contribution in [0.4, 0.5) is 0 Å². The fourth-order valence-corrected chi connectivity index (χ4v) is 3.32. The maximum atomic E-state index is 12.9. The summed E-state index contributed by atoms with van der Waals surface area (Å²) in [6.45, 7) is 5.99. The molecule has 1 aromatic carbocycles. The fraction of sp³-hybridized carbons (Fsp3) is 0.609. The Labute approximate surface area is 188 Å². The van der Waals surface area contributed by atoms with E-state index in [1.807, 2.05) is 44.2 Å². The van der Waals surface area contributed by atoms with Gasteiger partial charge in [-0.25, -0.2) is 0 Å². The lowest BCUT2D eigenvalue weighted by molar-refractivity contribution is -0.134. The molecule has 0 bridgehead atoms. The van der Waals surface area contributed by atoms with Crippen LogP contribution in [0.5, 0.6) is 0 Å². The molecule has 8 heteroatoms. The SMILES string of the molecule is COC[C@H](NC(=O)[C@@H](N)CCc1ccccc1)C(=O)N[C@@H](CC(C)C)C(=O)[C@@]1(C)CO1.[HH].[HH].[HH]. The van der Waals surface area contributed by atoms with Gasteiger partial charge in [0.1, 0.15) is 11.6 Å². The molecule has 8 nitrogen and oxygen atoms in total. The molecular formula is C23H41N3O5. The van der Waals surface area contributed by atoms with Crippen LogP contribution in [-0.4, -0.2) is 61.6 Å². The molecule has 1 heterocycles. The number of aryl methyl sites for hydroxylation is 1. The fourth-order valence-electron chi connectivity index (χ4n) is 3.32. The zero-order valence-corrected chi connectivity index (χ0v) is 18.9. The average Bonchev–Trinajstić information content (AvgIpc) is 3.49. The number of Topliss-reactive ketones (excluding diaryl/α,β-unsaturated/α-hetero) is 1. The zero-order valence-electron chi connectivity index (χ0n) is 18.9. The van der Waals surface area contributed by atoms with Crippen LogP contribution in [0.3, 0.4) is 0 Å². The van der Waals surface area contributed by atoms with Gasteiger partial charge in [-0.1, -0.05) is 44.2 Å². The molecular weight excluding hydrogens is 398 g/mol. The van der Waals surface area contributed by atoms with E-state index in [-0.39, 0.29) is 22.6 Å². The van der Waals surface area contributed by atoms with Gasteiger partial charge in [0.15, 0.2) is 5.78 Å². The number of rotatable bonds is 13. The molecule has 0 aromatic heterocycles. The van der Waals surface area contributed by atoms with E-state index in [9.17, 15) is 14.4 Å². The number of ether oxygens (including phenoxy) is 2. The minimum atomic E-state index is -0.948. The number of hydrogen-bond acceptors (Lipinski definition) is 6. The molecule has 1 aliphatic heterocycles. The highest BCUT2D eigenvalue weighted by atomic mass is 16.6. The minimum Gasteiger partial charge on any atom is -0.382 e. The molecule has 1 saturated heterocycles. The molecule has 0 spiro atoms. The van der Waals surface area contributed by atoms with Crippen LogP contribution in [0.15, 0.2) is 30.3 Å². The predicted octanol–water partition coefficient (Wildman–Crippen LogP) is 1.70. The van der Waals surface area contributed by atoms with E-state index < -0.39 is 35.5 Å². The van der Waals surface area contributed by atoms with Crippen molar-refractivity contribution < 1.29 is 28.1 Å². The van der Waals surface area contributed by atoms with E-state index in [1.165, 1.54) is 7.11 Å². The Morgan fingerprint density at radius 2 is 1.77 bits per heavy atom. The number of carbonyl (C=O) groups excluding carboxylic acids is 3. The average molecular weight is 440 g/mol. The van der Waals surface area contributed by atoms with E-state index in [0.29, 0.717) is 25.9 Å². The van der Waals surface area contributed by atoms with Crippen molar-refractivity contribution in [3.05, 3.63) is 35.9 Å². The second kappa shape index (κ2) is 11.4. The second-order valence-electron chi connectivity index (χ2n) is 8.72. The second-order valence-corrected chi connectivity index (χ2v) is 8.72. The van der Waals surface area contributed by atoms with Crippen LogP contribution < -0.4 is 16.4 Å². The van der Waals surface area contributed by atoms with Crippen molar-refractivity contribution in [3.63, 3.8) is 0 Å². The molecule has 4 N–H and O–H groups in total.